The Morgan fingerprint density at radius 3 is 3.15 bits per heavy atom. The summed E-state index contributed by atoms with van der Waals surface area (Å²) in [6.07, 6.45) is 2.66. The second-order valence-electron chi connectivity index (χ2n) is 5.69. The summed E-state index contributed by atoms with van der Waals surface area (Å²) in [6.45, 7) is 5.09. The molecule has 0 saturated carbocycles. The van der Waals surface area contributed by atoms with Crippen LogP contribution in [-0.4, -0.2) is 46.1 Å². The number of nitrogens with one attached hydrogen (secondary N) is 1. The lowest BCUT2D eigenvalue weighted by Crippen LogP contribution is -2.37. The fourth-order valence-corrected chi connectivity index (χ4v) is 2.98. The summed E-state index contributed by atoms with van der Waals surface area (Å²) in [7, 11) is 2.18. The minimum atomic E-state index is 0.201. The van der Waals surface area contributed by atoms with E-state index in [0.29, 0.717) is 6.61 Å². The third kappa shape index (κ3) is 3.32. The Bertz CT molecular complexity index is 444. The van der Waals surface area contributed by atoms with Crippen LogP contribution in [0.2, 0.25) is 0 Å². The summed E-state index contributed by atoms with van der Waals surface area (Å²) in [6, 6.07) is 6.83. The SMILES string of the molecule is CN1CCCc2cc(CNCC3COCCO3)ccc21. The van der Waals surface area contributed by atoms with Gasteiger partial charge in [0.1, 0.15) is 0 Å². The number of hydrogen-bond donors (Lipinski definition) is 1. The summed E-state index contributed by atoms with van der Waals surface area (Å²) in [5, 5.41) is 3.47. The molecule has 1 atom stereocenters. The van der Waals surface area contributed by atoms with Crippen LogP contribution >= 0.6 is 0 Å². The maximum atomic E-state index is 5.63. The van der Waals surface area contributed by atoms with E-state index >= 15 is 0 Å². The summed E-state index contributed by atoms with van der Waals surface area (Å²) in [5.74, 6) is 0. The third-order valence-electron chi connectivity index (χ3n) is 4.08. The average molecular weight is 276 g/mol. The van der Waals surface area contributed by atoms with Crippen molar-refractivity contribution in [3.63, 3.8) is 0 Å². The van der Waals surface area contributed by atoms with Crippen LogP contribution < -0.4 is 10.2 Å². The van der Waals surface area contributed by atoms with E-state index in [2.05, 4.69) is 35.5 Å². The highest BCUT2D eigenvalue weighted by molar-refractivity contribution is 5.56. The molecular weight excluding hydrogens is 252 g/mol. The van der Waals surface area contributed by atoms with Crippen LogP contribution in [0.3, 0.4) is 0 Å². The molecule has 2 aliphatic heterocycles. The molecule has 2 heterocycles. The maximum Gasteiger partial charge on any atom is 0.0933 e. The zero-order valence-electron chi connectivity index (χ0n) is 12.2. The third-order valence-corrected chi connectivity index (χ3v) is 4.08. The van der Waals surface area contributed by atoms with E-state index in [0.717, 1.165) is 26.3 Å². The minimum absolute atomic E-state index is 0.201. The first kappa shape index (κ1) is 13.9. The Labute approximate surface area is 121 Å². The zero-order chi connectivity index (χ0) is 13.8. The number of nitrogens with zero attached hydrogens (tertiary/aromatic N) is 1. The van der Waals surface area contributed by atoms with Gasteiger partial charge in [0, 0.05) is 32.4 Å². The molecule has 1 N–H and O–H groups in total. The first-order chi connectivity index (χ1) is 9.83. The van der Waals surface area contributed by atoms with Gasteiger partial charge in [-0.2, -0.15) is 0 Å². The first-order valence-electron chi connectivity index (χ1n) is 7.56. The molecule has 1 saturated heterocycles. The van der Waals surface area contributed by atoms with Gasteiger partial charge in [0.2, 0.25) is 0 Å². The van der Waals surface area contributed by atoms with E-state index in [1.54, 1.807) is 0 Å². The van der Waals surface area contributed by atoms with E-state index in [1.165, 1.54) is 36.2 Å². The number of hydrogen-bond acceptors (Lipinski definition) is 4. The minimum Gasteiger partial charge on any atom is -0.376 e. The second-order valence-corrected chi connectivity index (χ2v) is 5.69. The van der Waals surface area contributed by atoms with Crippen molar-refractivity contribution < 1.29 is 9.47 Å². The van der Waals surface area contributed by atoms with Crippen molar-refractivity contribution in [3.8, 4) is 0 Å². The van der Waals surface area contributed by atoms with Gasteiger partial charge in [-0.25, -0.2) is 0 Å². The fraction of sp³-hybridized carbons (Fsp3) is 0.625. The monoisotopic (exact) mass is 276 g/mol. The molecule has 0 radical (unpaired) electrons. The van der Waals surface area contributed by atoms with E-state index in [-0.39, 0.29) is 6.10 Å². The molecule has 1 aromatic carbocycles. The Hall–Kier alpha value is -1.10. The van der Waals surface area contributed by atoms with Gasteiger partial charge >= 0.3 is 0 Å². The van der Waals surface area contributed by atoms with Crippen LogP contribution in [0.1, 0.15) is 17.5 Å². The predicted octanol–water partition coefficient (Wildman–Crippen LogP) is 1.57. The van der Waals surface area contributed by atoms with Gasteiger partial charge in [0.15, 0.2) is 0 Å². The molecule has 1 aromatic rings. The van der Waals surface area contributed by atoms with Gasteiger partial charge in [0.05, 0.1) is 25.9 Å². The number of fused-ring (bicyclic) bond motifs is 1. The molecule has 0 bridgehead atoms. The van der Waals surface area contributed by atoms with Crippen LogP contribution in [-0.2, 0) is 22.4 Å². The lowest BCUT2D eigenvalue weighted by molar-refractivity contribution is -0.0864. The van der Waals surface area contributed by atoms with Gasteiger partial charge < -0.3 is 19.7 Å². The van der Waals surface area contributed by atoms with Crippen LogP contribution in [0.25, 0.3) is 0 Å². The highest BCUT2D eigenvalue weighted by atomic mass is 16.6. The fourth-order valence-electron chi connectivity index (χ4n) is 2.98. The highest BCUT2D eigenvalue weighted by Gasteiger charge is 2.15. The van der Waals surface area contributed by atoms with E-state index < -0.39 is 0 Å². The molecule has 3 rings (SSSR count). The van der Waals surface area contributed by atoms with Crippen molar-refractivity contribution in [2.24, 2.45) is 0 Å². The number of ether oxygens (including phenoxy) is 2. The van der Waals surface area contributed by atoms with Crippen LogP contribution in [0.4, 0.5) is 5.69 Å². The van der Waals surface area contributed by atoms with Crippen molar-refractivity contribution in [1.82, 2.24) is 5.32 Å². The van der Waals surface area contributed by atoms with E-state index in [1.807, 2.05) is 0 Å². The summed E-state index contributed by atoms with van der Waals surface area (Å²) in [5.41, 5.74) is 4.23. The number of rotatable bonds is 4. The smallest absolute Gasteiger partial charge is 0.0933 e. The summed E-state index contributed by atoms with van der Waals surface area (Å²) in [4.78, 5) is 2.35. The molecule has 4 nitrogen and oxygen atoms in total. The van der Waals surface area contributed by atoms with E-state index in [4.69, 9.17) is 9.47 Å². The topological polar surface area (TPSA) is 33.7 Å². The molecule has 20 heavy (non-hydrogen) atoms. The molecule has 110 valence electrons. The standard InChI is InChI=1S/C16H24N2O2/c1-18-6-2-3-14-9-13(4-5-16(14)18)10-17-11-15-12-19-7-8-20-15/h4-5,9,15,17H,2-3,6-8,10-12H2,1H3. The van der Waals surface area contributed by atoms with Crippen molar-refractivity contribution in [2.75, 3.05) is 44.9 Å². The second kappa shape index (κ2) is 6.57. The normalized spacial score (nSPS) is 22.6. The van der Waals surface area contributed by atoms with Crippen LogP contribution in [0.5, 0.6) is 0 Å². The number of aryl methyl sites for hydroxylation is 1. The van der Waals surface area contributed by atoms with Gasteiger partial charge in [-0.15, -0.1) is 0 Å². The van der Waals surface area contributed by atoms with Crippen molar-refractivity contribution in [1.29, 1.82) is 0 Å². The average Bonchev–Trinajstić information content (AvgIpc) is 2.48. The number of anilines is 1. The molecule has 1 unspecified atom stereocenters. The molecule has 4 heteroatoms. The largest absolute Gasteiger partial charge is 0.376 e. The maximum absolute atomic E-state index is 5.63. The molecular formula is C16H24N2O2. The van der Waals surface area contributed by atoms with Crippen molar-refractivity contribution in [3.05, 3.63) is 29.3 Å². The molecule has 0 amide bonds. The molecule has 2 aliphatic rings. The Kier molecular flexibility index (Phi) is 4.55. The quantitative estimate of drug-likeness (QED) is 0.905. The van der Waals surface area contributed by atoms with E-state index in [9.17, 15) is 0 Å². The summed E-state index contributed by atoms with van der Waals surface area (Å²) >= 11 is 0. The van der Waals surface area contributed by atoms with Gasteiger partial charge in [-0.1, -0.05) is 12.1 Å². The molecule has 1 fully saturated rings. The molecule has 0 aromatic heterocycles. The lowest BCUT2D eigenvalue weighted by Gasteiger charge is -2.28. The highest BCUT2D eigenvalue weighted by Crippen LogP contribution is 2.26. The van der Waals surface area contributed by atoms with Gasteiger partial charge in [0.25, 0.3) is 0 Å². The van der Waals surface area contributed by atoms with Crippen LogP contribution in [0.15, 0.2) is 18.2 Å². The Morgan fingerprint density at radius 1 is 1.35 bits per heavy atom. The summed E-state index contributed by atoms with van der Waals surface area (Å²) < 4.78 is 11.0. The number of benzene rings is 1. The van der Waals surface area contributed by atoms with Gasteiger partial charge in [-0.3, -0.25) is 0 Å². The molecule has 0 spiro atoms. The van der Waals surface area contributed by atoms with Crippen molar-refractivity contribution >= 4 is 5.69 Å². The lowest BCUT2D eigenvalue weighted by atomic mass is 9.99. The predicted molar refractivity (Wildman–Crippen MR) is 80.3 cm³/mol. The zero-order valence-corrected chi connectivity index (χ0v) is 12.2. The first-order valence-corrected chi connectivity index (χ1v) is 7.56. The van der Waals surface area contributed by atoms with Crippen LogP contribution in [0, 0.1) is 0 Å². The Balaban J connectivity index is 1.52. The van der Waals surface area contributed by atoms with Gasteiger partial charge in [-0.05, 0) is 30.0 Å². The molecule has 0 aliphatic carbocycles. The Morgan fingerprint density at radius 2 is 2.30 bits per heavy atom. The van der Waals surface area contributed by atoms with Crippen molar-refractivity contribution in [2.45, 2.75) is 25.5 Å².